The molecule has 0 amide bonds. The van der Waals surface area contributed by atoms with Gasteiger partial charge >= 0.3 is 0 Å². The fourth-order valence-corrected chi connectivity index (χ4v) is 2.17. The van der Waals surface area contributed by atoms with Gasteiger partial charge in [0.25, 0.3) is 0 Å². The standard InChI is InChI=1S/C13H21N3/c1-2-12(10-15-6-1)3-7-14-8-4-13-5-9-16-11-13/h1-2,6,10,13-14,16H,3-5,7-9,11H2. The number of hydrogen-bond donors (Lipinski definition) is 2. The summed E-state index contributed by atoms with van der Waals surface area (Å²) < 4.78 is 0. The minimum Gasteiger partial charge on any atom is -0.316 e. The van der Waals surface area contributed by atoms with Crippen LogP contribution >= 0.6 is 0 Å². The van der Waals surface area contributed by atoms with Crippen molar-refractivity contribution in [1.29, 1.82) is 0 Å². The first kappa shape index (κ1) is 11.6. The lowest BCUT2D eigenvalue weighted by molar-refractivity contribution is 0.501. The van der Waals surface area contributed by atoms with Crippen LogP contribution in [0.15, 0.2) is 24.5 Å². The highest BCUT2D eigenvalue weighted by molar-refractivity contribution is 5.08. The molecule has 3 heteroatoms. The summed E-state index contributed by atoms with van der Waals surface area (Å²) in [5.41, 5.74) is 1.32. The Morgan fingerprint density at radius 3 is 3.19 bits per heavy atom. The molecule has 1 fully saturated rings. The van der Waals surface area contributed by atoms with Gasteiger partial charge in [0, 0.05) is 12.4 Å². The Kier molecular flexibility index (Phi) is 4.77. The molecule has 1 saturated heterocycles. The summed E-state index contributed by atoms with van der Waals surface area (Å²) in [6.45, 7) is 4.63. The summed E-state index contributed by atoms with van der Waals surface area (Å²) >= 11 is 0. The smallest absolute Gasteiger partial charge is 0.0300 e. The number of pyridine rings is 1. The van der Waals surface area contributed by atoms with Gasteiger partial charge < -0.3 is 10.6 Å². The second kappa shape index (κ2) is 6.61. The van der Waals surface area contributed by atoms with Crippen LogP contribution in [0.2, 0.25) is 0 Å². The lowest BCUT2D eigenvalue weighted by Crippen LogP contribution is -2.21. The Morgan fingerprint density at radius 1 is 1.44 bits per heavy atom. The first-order valence-corrected chi connectivity index (χ1v) is 6.25. The van der Waals surface area contributed by atoms with Crippen LogP contribution in [0.4, 0.5) is 0 Å². The number of nitrogens with zero attached hydrogens (tertiary/aromatic N) is 1. The fraction of sp³-hybridized carbons (Fsp3) is 0.615. The molecular formula is C13H21N3. The zero-order chi connectivity index (χ0) is 11.1. The Labute approximate surface area is 97.7 Å². The van der Waals surface area contributed by atoms with Crippen molar-refractivity contribution in [2.45, 2.75) is 19.3 Å². The Bertz CT molecular complexity index is 280. The molecule has 0 radical (unpaired) electrons. The molecule has 0 aliphatic carbocycles. The highest BCUT2D eigenvalue weighted by atomic mass is 14.9. The number of rotatable bonds is 6. The van der Waals surface area contributed by atoms with E-state index in [0.29, 0.717) is 0 Å². The van der Waals surface area contributed by atoms with Crippen LogP contribution in [0.3, 0.4) is 0 Å². The van der Waals surface area contributed by atoms with E-state index >= 15 is 0 Å². The zero-order valence-electron chi connectivity index (χ0n) is 9.78. The van der Waals surface area contributed by atoms with Crippen LogP contribution in [0.5, 0.6) is 0 Å². The molecule has 0 saturated carbocycles. The first-order valence-electron chi connectivity index (χ1n) is 6.25. The third kappa shape index (κ3) is 3.91. The maximum Gasteiger partial charge on any atom is 0.0300 e. The Morgan fingerprint density at radius 2 is 2.44 bits per heavy atom. The van der Waals surface area contributed by atoms with Gasteiger partial charge in [-0.3, -0.25) is 4.98 Å². The van der Waals surface area contributed by atoms with Gasteiger partial charge in [0.15, 0.2) is 0 Å². The third-order valence-electron chi connectivity index (χ3n) is 3.20. The molecule has 0 aromatic carbocycles. The summed E-state index contributed by atoms with van der Waals surface area (Å²) in [6.07, 6.45) is 7.51. The number of nitrogens with one attached hydrogen (secondary N) is 2. The van der Waals surface area contributed by atoms with Crippen LogP contribution in [0, 0.1) is 5.92 Å². The molecule has 1 atom stereocenters. The van der Waals surface area contributed by atoms with E-state index in [1.807, 2.05) is 18.5 Å². The molecule has 1 aliphatic heterocycles. The van der Waals surface area contributed by atoms with Crippen LogP contribution in [-0.2, 0) is 6.42 Å². The molecule has 1 unspecified atom stereocenters. The van der Waals surface area contributed by atoms with Crippen molar-refractivity contribution in [3.63, 3.8) is 0 Å². The van der Waals surface area contributed by atoms with Crippen LogP contribution in [0.1, 0.15) is 18.4 Å². The van der Waals surface area contributed by atoms with E-state index in [9.17, 15) is 0 Å². The van der Waals surface area contributed by atoms with Crippen LogP contribution in [-0.4, -0.2) is 31.2 Å². The summed E-state index contributed by atoms with van der Waals surface area (Å²) in [5, 5.41) is 6.91. The molecule has 2 N–H and O–H groups in total. The van der Waals surface area contributed by atoms with Crippen molar-refractivity contribution < 1.29 is 0 Å². The van der Waals surface area contributed by atoms with E-state index in [1.54, 1.807) is 0 Å². The average molecular weight is 219 g/mol. The molecule has 1 aliphatic rings. The molecule has 0 spiro atoms. The summed E-state index contributed by atoms with van der Waals surface area (Å²) in [7, 11) is 0. The largest absolute Gasteiger partial charge is 0.316 e. The lowest BCUT2D eigenvalue weighted by Gasteiger charge is -2.09. The maximum absolute atomic E-state index is 4.11. The van der Waals surface area contributed by atoms with Crippen molar-refractivity contribution in [2.75, 3.05) is 26.2 Å². The van der Waals surface area contributed by atoms with Crippen molar-refractivity contribution in [3.05, 3.63) is 30.1 Å². The monoisotopic (exact) mass is 219 g/mol. The molecule has 1 aromatic heterocycles. The summed E-state index contributed by atoms with van der Waals surface area (Å²) in [4.78, 5) is 4.11. The molecule has 88 valence electrons. The molecule has 1 aromatic rings. The normalized spacial score (nSPS) is 20.1. The van der Waals surface area contributed by atoms with Gasteiger partial charge in [-0.2, -0.15) is 0 Å². The van der Waals surface area contributed by atoms with Gasteiger partial charge in [0.1, 0.15) is 0 Å². The molecule has 0 bridgehead atoms. The first-order chi connectivity index (χ1) is 7.95. The highest BCUT2D eigenvalue weighted by Gasteiger charge is 2.12. The van der Waals surface area contributed by atoms with Gasteiger partial charge in [-0.25, -0.2) is 0 Å². The molecule has 3 nitrogen and oxygen atoms in total. The Hall–Kier alpha value is -0.930. The lowest BCUT2D eigenvalue weighted by atomic mass is 10.1. The maximum atomic E-state index is 4.11. The second-order valence-corrected chi connectivity index (χ2v) is 4.51. The summed E-state index contributed by atoms with van der Waals surface area (Å²) in [6, 6.07) is 4.13. The van der Waals surface area contributed by atoms with Gasteiger partial charge in [-0.1, -0.05) is 6.07 Å². The average Bonchev–Trinajstić information content (AvgIpc) is 2.83. The van der Waals surface area contributed by atoms with E-state index in [4.69, 9.17) is 0 Å². The minimum absolute atomic E-state index is 0.894. The van der Waals surface area contributed by atoms with Crippen molar-refractivity contribution >= 4 is 0 Å². The van der Waals surface area contributed by atoms with E-state index in [2.05, 4.69) is 21.7 Å². The minimum atomic E-state index is 0.894. The third-order valence-corrected chi connectivity index (χ3v) is 3.20. The van der Waals surface area contributed by atoms with E-state index in [-0.39, 0.29) is 0 Å². The topological polar surface area (TPSA) is 37.0 Å². The molecule has 16 heavy (non-hydrogen) atoms. The van der Waals surface area contributed by atoms with Crippen molar-refractivity contribution in [2.24, 2.45) is 5.92 Å². The fourth-order valence-electron chi connectivity index (χ4n) is 2.17. The van der Waals surface area contributed by atoms with Crippen molar-refractivity contribution in [3.8, 4) is 0 Å². The van der Waals surface area contributed by atoms with Gasteiger partial charge in [-0.15, -0.1) is 0 Å². The molecule has 2 rings (SSSR count). The van der Waals surface area contributed by atoms with Gasteiger partial charge in [0.2, 0.25) is 0 Å². The highest BCUT2D eigenvalue weighted by Crippen LogP contribution is 2.10. The zero-order valence-corrected chi connectivity index (χ0v) is 9.78. The molecule has 2 heterocycles. The summed E-state index contributed by atoms with van der Waals surface area (Å²) in [5.74, 6) is 0.894. The predicted molar refractivity (Wildman–Crippen MR) is 66.4 cm³/mol. The van der Waals surface area contributed by atoms with Gasteiger partial charge in [0.05, 0.1) is 0 Å². The van der Waals surface area contributed by atoms with Crippen LogP contribution in [0.25, 0.3) is 0 Å². The van der Waals surface area contributed by atoms with E-state index < -0.39 is 0 Å². The number of hydrogen-bond acceptors (Lipinski definition) is 3. The Balaban J connectivity index is 1.52. The van der Waals surface area contributed by atoms with E-state index in [1.165, 1.54) is 31.5 Å². The van der Waals surface area contributed by atoms with Crippen molar-refractivity contribution in [1.82, 2.24) is 15.6 Å². The van der Waals surface area contributed by atoms with Crippen LogP contribution < -0.4 is 10.6 Å². The number of aromatic nitrogens is 1. The quantitative estimate of drug-likeness (QED) is 0.706. The predicted octanol–water partition coefficient (Wildman–Crippen LogP) is 1.21. The van der Waals surface area contributed by atoms with E-state index in [0.717, 1.165) is 25.4 Å². The SMILES string of the molecule is c1cncc(CCNCCC2CCNC2)c1. The molecular weight excluding hydrogens is 198 g/mol. The van der Waals surface area contributed by atoms with Gasteiger partial charge in [-0.05, 0) is 63.0 Å². The second-order valence-electron chi connectivity index (χ2n) is 4.51.